The molecule has 0 aliphatic heterocycles. The molecule has 0 aliphatic rings. The zero-order chi connectivity index (χ0) is 8.85. The number of ether oxygens (including phenoxy) is 1. The van der Waals surface area contributed by atoms with E-state index in [9.17, 15) is 4.79 Å². The van der Waals surface area contributed by atoms with Crippen molar-refractivity contribution in [3.8, 4) is 6.07 Å². The summed E-state index contributed by atoms with van der Waals surface area (Å²) in [6.45, 7) is 3.63. The van der Waals surface area contributed by atoms with Crippen LogP contribution in [0.25, 0.3) is 0 Å². The molecule has 0 saturated heterocycles. The van der Waals surface area contributed by atoms with Gasteiger partial charge in [-0.2, -0.15) is 5.26 Å². The van der Waals surface area contributed by atoms with Crippen LogP contribution in [0.5, 0.6) is 0 Å². The van der Waals surface area contributed by atoms with Crippen molar-refractivity contribution >= 4 is 5.97 Å². The van der Waals surface area contributed by atoms with Crippen LogP contribution in [0.1, 0.15) is 20.3 Å². The summed E-state index contributed by atoms with van der Waals surface area (Å²) in [5.41, 5.74) is 0.884. The summed E-state index contributed by atoms with van der Waals surface area (Å²) in [6, 6.07) is 1.81. The maximum absolute atomic E-state index is 10.8. The van der Waals surface area contributed by atoms with Gasteiger partial charge in [0.05, 0.1) is 7.11 Å². The van der Waals surface area contributed by atoms with E-state index in [0.29, 0.717) is 6.42 Å². The second kappa shape index (κ2) is 4.51. The van der Waals surface area contributed by atoms with Crippen molar-refractivity contribution in [3.05, 3.63) is 11.1 Å². The number of methoxy groups -OCH3 is 1. The highest BCUT2D eigenvalue weighted by Gasteiger charge is 2.10. The number of esters is 1. The van der Waals surface area contributed by atoms with Crippen LogP contribution in [-0.2, 0) is 9.53 Å². The first-order chi connectivity index (χ1) is 5.17. The highest BCUT2D eigenvalue weighted by atomic mass is 16.5. The first kappa shape index (κ1) is 9.70. The summed E-state index contributed by atoms with van der Waals surface area (Å²) >= 11 is 0. The van der Waals surface area contributed by atoms with E-state index in [1.807, 2.05) is 13.0 Å². The Morgan fingerprint density at radius 1 is 1.64 bits per heavy atom. The predicted octanol–water partition coefficient (Wildman–Crippen LogP) is 1.41. The van der Waals surface area contributed by atoms with Gasteiger partial charge in [-0.15, -0.1) is 0 Å². The van der Waals surface area contributed by atoms with Crippen molar-refractivity contribution in [1.82, 2.24) is 0 Å². The Hall–Kier alpha value is -1.30. The summed E-state index contributed by atoms with van der Waals surface area (Å²) in [7, 11) is 1.27. The largest absolute Gasteiger partial charge is 0.465 e. The molecule has 0 unspecified atom stereocenters. The van der Waals surface area contributed by atoms with Crippen molar-refractivity contribution in [1.29, 1.82) is 5.26 Å². The zero-order valence-electron chi connectivity index (χ0n) is 6.97. The molecule has 0 atom stereocenters. The molecule has 0 rings (SSSR count). The molecule has 0 bridgehead atoms. The lowest BCUT2D eigenvalue weighted by molar-refractivity contribution is -0.135. The number of nitrogens with zero attached hydrogens (tertiary/aromatic N) is 1. The van der Waals surface area contributed by atoms with Crippen LogP contribution in [0, 0.1) is 11.3 Å². The summed E-state index contributed by atoms with van der Waals surface area (Å²) in [6.07, 6.45) is 0.692. The van der Waals surface area contributed by atoms with E-state index in [4.69, 9.17) is 5.26 Å². The maximum atomic E-state index is 10.8. The molecule has 0 aromatic rings. The lowest BCUT2D eigenvalue weighted by atomic mass is 10.1. The molecule has 3 nitrogen and oxygen atoms in total. The van der Waals surface area contributed by atoms with Crippen molar-refractivity contribution in [2.45, 2.75) is 20.3 Å². The Morgan fingerprint density at radius 3 is 2.45 bits per heavy atom. The minimum atomic E-state index is -0.549. The van der Waals surface area contributed by atoms with E-state index in [-0.39, 0.29) is 5.57 Å². The summed E-state index contributed by atoms with van der Waals surface area (Å²) < 4.78 is 4.41. The number of rotatable bonds is 2. The minimum Gasteiger partial charge on any atom is -0.465 e. The molecule has 0 spiro atoms. The van der Waals surface area contributed by atoms with Gasteiger partial charge in [0, 0.05) is 0 Å². The van der Waals surface area contributed by atoms with Crippen LogP contribution in [0.15, 0.2) is 11.1 Å². The van der Waals surface area contributed by atoms with E-state index in [1.54, 1.807) is 6.92 Å². The fraction of sp³-hybridized carbons (Fsp3) is 0.500. The van der Waals surface area contributed by atoms with Crippen molar-refractivity contribution in [2.24, 2.45) is 0 Å². The summed E-state index contributed by atoms with van der Waals surface area (Å²) in [5, 5.41) is 8.52. The average Bonchev–Trinajstić information content (AvgIpc) is 2.05. The van der Waals surface area contributed by atoms with Crippen molar-refractivity contribution in [2.75, 3.05) is 7.11 Å². The summed E-state index contributed by atoms with van der Waals surface area (Å²) in [5.74, 6) is -0.549. The van der Waals surface area contributed by atoms with Crippen LogP contribution in [-0.4, -0.2) is 13.1 Å². The van der Waals surface area contributed by atoms with Crippen LogP contribution in [0.2, 0.25) is 0 Å². The van der Waals surface area contributed by atoms with Crippen molar-refractivity contribution in [3.63, 3.8) is 0 Å². The SMILES string of the molecule is CC/C(C)=C(\C#N)C(=O)OC. The van der Waals surface area contributed by atoms with E-state index in [2.05, 4.69) is 4.74 Å². The van der Waals surface area contributed by atoms with Gasteiger partial charge in [0.15, 0.2) is 0 Å². The number of carbonyl (C=O) groups is 1. The molecule has 60 valence electrons. The molecule has 0 heterocycles. The molecule has 0 fully saturated rings. The molecule has 0 radical (unpaired) electrons. The van der Waals surface area contributed by atoms with Gasteiger partial charge in [-0.3, -0.25) is 0 Å². The Bertz CT molecular complexity index is 223. The van der Waals surface area contributed by atoms with E-state index in [1.165, 1.54) is 7.11 Å². The van der Waals surface area contributed by atoms with Gasteiger partial charge in [0.1, 0.15) is 11.6 Å². The van der Waals surface area contributed by atoms with Crippen LogP contribution in [0.3, 0.4) is 0 Å². The van der Waals surface area contributed by atoms with Gasteiger partial charge in [-0.1, -0.05) is 6.92 Å². The zero-order valence-corrected chi connectivity index (χ0v) is 6.97. The van der Waals surface area contributed by atoms with Gasteiger partial charge in [0.2, 0.25) is 0 Å². The van der Waals surface area contributed by atoms with Crippen LogP contribution < -0.4 is 0 Å². The lowest BCUT2D eigenvalue weighted by Crippen LogP contribution is -2.04. The van der Waals surface area contributed by atoms with E-state index >= 15 is 0 Å². The predicted molar refractivity (Wildman–Crippen MR) is 40.6 cm³/mol. The number of nitriles is 1. The fourth-order valence-electron chi connectivity index (χ4n) is 0.594. The smallest absolute Gasteiger partial charge is 0.348 e. The fourth-order valence-corrected chi connectivity index (χ4v) is 0.594. The Labute approximate surface area is 66.3 Å². The Balaban J connectivity index is 4.69. The van der Waals surface area contributed by atoms with Crippen LogP contribution in [0.4, 0.5) is 0 Å². The monoisotopic (exact) mass is 153 g/mol. The van der Waals surface area contributed by atoms with Crippen molar-refractivity contribution < 1.29 is 9.53 Å². The lowest BCUT2D eigenvalue weighted by Gasteiger charge is -1.99. The van der Waals surface area contributed by atoms with Gasteiger partial charge in [-0.05, 0) is 18.9 Å². The highest BCUT2D eigenvalue weighted by molar-refractivity contribution is 5.93. The third-order valence-corrected chi connectivity index (χ3v) is 1.46. The average molecular weight is 153 g/mol. The minimum absolute atomic E-state index is 0.120. The second-order valence-electron chi connectivity index (χ2n) is 2.11. The Kier molecular flexibility index (Phi) is 3.97. The molecule has 0 aromatic heterocycles. The van der Waals surface area contributed by atoms with E-state index in [0.717, 1.165) is 5.57 Å². The molecule has 11 heavy (non-hydrogen) atoms. The Morgan fingerprint density at radius 2 is 2.18 bits per heavy atom. The van der Waals surface area contributed by atoms with E-state index < -0.39 is 5.97 Å². The quantitative estimate of drug-likeness (QED) is 0.342. The van der Waals surface area contributed by atoms with Gasteiger partial charge < -0.3 is 4.74 Å². The van der Waals surface area contributed by atoms with Gasteiger partial charge in [-0.25, -0.2) is 4.79 Å². The third-order valence-electron chi connectivity index (χ3n) is 1.46. The number of allylic oxidation sites excluding steroid dienone is 1. The molecule has 0 saturated carbocycles. The molecule has 0 amide bonds. The topological polar surface area (TPSA) is 50.1 Å². The molecule has 0 N–H and O–H groups in total. The van der Waals surface area contributed by atoms with Crippen LogP contribution >= 0.6 is 0 Å². The number of carbonyl (C=O) groups excluding carboxylic acids is 1. The molecular formula is C8H11NO2. The molecular weight excluding hydrogens is 142 g/mol. The molecule has 3 heteroatoms. The summed E-state index contributed by atoms with van der Waals surface area (Å²) in [4.78, 5) is 10.8. The third kappa shape index (κ3) is 2.42. The number of hydrogen-bond donors (Lipinski definition) is 0. The molecule has 0 aliphatic carbocycles. The maximum Gasteiger partial charge on any atom is 0.348 e. The standard InChI is InChI=1S/C8H11NO2/c1-4-6(2)7(5-9)8(10)11-3/h4H2,1-3H3/b7-6+. The van der Waals surface area contributed by atoms with Gasteiger partial charge >= 0.3 is 5.97 Å². The van der Waals surface area contributed by atoms with Gasteiger partial charge in [0.25, 0.3) is 0 Å². The highest BCUT2D eigenvalue weighted by Crippen LogP contribution is 2.07. The second-order valence-corrected chi connectivity index (χ2v) is 2.11. The molecule has 0 aromatic carbocycles. The first-order valence-corrected chi connectivity index (χ1v) is 3.35. The first-order valence-electron chi connectivity index (χ1n) is 3.35. The normalized spacial score (nSPS) is 11.5. The number of hydrogen-bond acceptors (Lipinski definition) is 3.